The third-order valence-electron chi connectivity index (χ3n) is 1.16. The lowest BCUT2D eigenvalue weighted by Crippen LogP contribution is -2.02. The van der Waals surface area contributed by atoms with Crippen molar-refractivity contribution in [2.24, 2.45) is 5.92 Å². The molecule has 0 aliphatic heterocycles. The van der Waals surface area contributed by atoms with Crippen LogP contribution in [-0.4, -0.2) is 21.5 Å². The zero-order chi connectivity index (χ0) is 7.28. The maximum Gasteiger partial charge on any atom is 0.0234 e. The molecule has 56 valence electrons. The second kappa shape index (κ2) is 5.42. The molecule has 0 aliphatic carbocycles. The minimum absolute atomic E-state index is 0.609. The molecular weight excluding hydrogens is 200 g/mol. The van der Waals surface area contributed by atoms with Crippen LogP contribution in [0.3, 0.4) is 0 Å². The smallest absolute Gasteiger partial charge is 0.0234 e. The van der Waals surface area contributed by atoms with Crippen LogP contribution in [-0.2, 0) is 10.8 Å². The quantitative estimate of drug-likeness (QED) is 0.650. The maximum absolute atomic E-state index is 10.6. The van der Waals surface area contributed by atoms with Gasteiger partial charge in [0.05, 0.1) is 0 Å². The second-order valence-corrected chi connectivity index (χ2v) is 4.53. The monoisotopic (exact) mass is 212 g/mol. The van der Waals surface area contributed by atoms with Crippen molar-refractivity contribution in [3.8, 4) is 0 Å². The molecule has 0 heterocycles. The van der Waals surface area contributed by atoms with E-state index in [1.165, 1.54) is 0 Å². The summed E-state index contributed by atoms with van der Waals surface area (Å²) < 4.78 is 10.6. The van der Waals surface area contributed by atoms with Gasteiger partial charge in [0.1, 0.15) is 0 Å². The Morgan fingerprint density at radius 1 is 1.67 bits per heavy atom. The molecule has 0 radical (unpaired) electrons. The van der Waals surface area contributed by atoms with Crippen LogP contribution in [0.5, 0.6) is 0 Å². The first-order valence-corrected chi connectivity index (χ1v) is 5.87. The first-order chi connectivity index (χ1) is 4.16. The Morgan fingerprint density at radius 2 is 2.22 bits per heavy atom. The van der Waals surface area contributed by atoms with E-state index in [0.717, 1.165) is 17.5 Å². The van der Waals surface area contributed by atoms with Crippen LogP contribution in [0.4, 0.5) is 0 Å². The summed E-state index contributed by atoms with van der Waals surface area (Å²) in [5.74, 6) is 1.50. The summed E-state index contributed by atoms with van der Waals surface area (Å²) in [5.41, 5.74) is 0. The zero-order valence-electron chi connectivity index (χ0n) is 5.89. The molecule has 0 aliphatic rings. The van der Waals surface area contributed by atoms with Gasteiger partial charge in [-0.05, 0) is 12.3 Å². The minimum Gasteiger partial charge on any atom is -0.260 e. The summed E-state index contributed by atoms with van der Waals surface area (Å²) in [6, 6.07) is 0. The fourth-order valence-corrected chi connectivity index (χ4v) is 1.50. The van der Waals surface area contributed by atoms with Crippen molar-refractivity contribution in [1.82, 2.24) is 0 Å². The first-order valence-electron chi connectivity index (χ1n) is 3.02. The Kier molecular flexibility index (Phi) is 5.80. The topological polar surface area (TPSA) is 17.1 Å². The Hall–Kier alpha value is 0.630. The van der Waals surface area contributed by atoms with E-state index in [2.05, 4.69) is 22.9 Å². The van der Waals surface area contributed by atoms with Crippen molar-refractivity contribution in [2.45, 2.75) is 13.3 Å². The zero-order valence-corrected chi connectivity index (χ0v) is 8.30. The molecule has 0 rings (SSSR count). The number of hydrogen-bond donors (Lipinski definition) is 0. The summed E-state index contributed by atoms with van der Waals surface area (Å²) in [7, 11) is -0.609. The van der Waals surface area contributed by atoms with Crippen molar-refractivity contribution in [2.75, 3.05) is 17.3 Å². The van der Waals surface area contributed by atoms with Gasteiger partial charge in [0.25, 0.3) is 0 Å². The largest absolute Gasteiger partial charge is 0.260 e. The number of halogens is 1. The van der Waals surface area contributed by atoms with E-state index in [9.17, 15) is 4.21 Å². The molecule has 0 aromatic heterocycles. The van der Waals surface area contributed by atoms with E-state index in [1.807, 2.05) is 0 Å². The van der Waals surface area contributed by atoms with Crippen molar-refractivity contribution in [1.29, 1.82) is 0 Å². The van der Waals surface area contributed by atoms with Gasteiger partial charge >= 0.3 is 0 Å². The van der Waals surface area contributed by atoms with Gasteiger partial charge in [-0.1, -0.05) is 22.9 Å². The molecule has 2 unspecified atom stereocenters. The highest BCUT2D eigenvalue weighted by molar-refractivity contribution is 9.09. The van der Waals surface area contributed by atoms with Gasteiger partial charge < -0.3 is 0 Å². The Balaban J connectivity index is 3.16. The molecular formula is C6H13BrOS. The van der Waals surface area contributed by atoms with Gasteiger partial charge in [-0.15, -0.1) is 0 Å². The molecule has 0 saturated carbocycles. The molecule has 0 saturated heterocycles. The van der Waals surface area contributed by atoms with E-state index in [4.69, 9.17) is 0 Å². The van der Waals surface area contributed by atoms with Gasteiger partial charge in [-0.2, -0.15) is 0 Å². The van der Waals surface area contributed by atoms with Gasteiger partial charge in [-0.25, -0.2) is 0 Å². The highest BCUT2D eigenvalue weighted by atomic mass is 79.9. The van der Waals surface area contributed by atoms with Crippen LogP contribution >= 0.6 is 15.9 Å². The summed E-state index contributed by atoms with van der Waals surface area (Å²) in [6.45, 7) is 2.15. The Bertz CT molecular complexity index is 95.1. The molecule has 0 spiro atoms. The molecule has 2 atom stereocenters. The fourth-order valence-electron chi connectivity index (χ4n) is 0.444. The van der Waals surface area contributed by atoms with Gasteiger partial charge in [0.15, 0.2) is 0 Å². The molecule has 0 fully saturated rings. The van der Waals surface area contributed by atoms with Crippen LogP contribution in [0.15, 0.2) is 0 Å². The average molecular weight is 213 g/mol. The lowest BCUT2D eigenvalue weighted by atomic mass is 10.2. The first kappa shape index (κ1) is 9.63. The standard InChI is InChI=1S/C6H13BrOS/c1-6(5-7)3-4-9(2)8/h6H,3-5H2,1-2H3. The molecule has 9 heavy (non-hydrogen) atoms. The second-order valence-electron chi connectivity index (χ2n) is 2.33. The highest BCUT2D eigenvalue weighted by Gasteiger charge is 1.99. The average Bonchev–Trinajstić information content (AvgIpc) is 1.83. The van der Waals surface area contributed by atoms with E-state index in [0.29, 0.717) is 5.92 Å². The summed E-state index contributed by atoms with van der Waals surface area (Å²) in [6.07, 6.45) is 2.81. The number of rotatable bonds is 4. The van der Waals surface area contributed by atoms with E-state index in [-0.39, 0.29) is 0 Å². The van der Waals surface area contributed by atoms with Crippen LogP contribution in [0.2, 0.25) is 0 Å². The molecule has 3 heteroatoms. The summed E-state index contributed by atoms with van der Waals surface area (Å²) >= 11 is 3.37. The van der Waals surface area contributed by atoms with Crippen molar-refractivity contribution >= 4 is 26.7 Å². The van der Waals surface area contributed by atoms with Gasteiger partial charge in [-0.3, -0.25) is 4.21 Å². The fraction of sp³-hybridized carbons (Fsp3) is 1.00. The van der Waals surface area contributed by atoms with Crippen LogP contribution in [0, 0.1) is 5.92 Å². The Labute approximate surface area is 67.8 Å². The molecule has 0 aromatic rings. The lowest BCUT2D eigenvalue weighted by molar-refractivity contribution is 0.633. The minimum atomic E-state index is -0.609. The SMILES string of the molecule is CC(CBr)CCS(C)=O. The maximum atomic E-state index is 10.6. The van der Waals surface area contributed by atoms with Crippen LogP contribution in [0.1, 0.15) is 13.3 Å². The van der Waals surface area contributed by atoms with Crippen molar-refractivity contribution < 1.29 is 4.21 Å². The molecule has 0 aromatic carbocycles. The third kappa shape index (κ3) is 6.52. The number of alkyl halides is 1. The predicted molar refractivity (Wildman–Crippen MR) is 46.5 cm³/mol. The highest BCUT2D eigenvalue weighted by Crippen LogP contribution is 2.05. The van der Waals surface area contributed by atoms with E-state index < -0.39 is 10.8 Å². The molecule has 0 amide bonds. The molecule has 1 nitrogen and oxygen atoms in total. The number of hydrogen-bond acceptors (Lipinski definition) is 1. The normalized spacial score (nSPS) is 17.2. The van der Waals surface area contributed by atoms with Crippen LogP contribution in [0.25, 0.3) is 0 Å². The molecule has 0 N–H and O–H groups in total. The Morgan fingerprint density at radius 3 is 2.56 bits per heavy atom. The summed E-state index contributed by atoms with van der Waals surface area (Å²) in [5, 5.41) is 1.02. The van der Waals surface area contributed by atoms with E-state index >= 15 is 0 Å². The third-order valence-corrected chi connectivity index (χ3v) is 3.08. The predicted octanol–water partition coefficient (Wildman–Crippen LogP) is 1.79. The van der Waals surface area contributed by atoms with Gasteiger partial charge in [0.2, 0.25) is 0 Å². The van der Waals surface area contributed by atoms with Crippen molar-refractivity contribution in [3.05, 3.63) is 0 Å². The van der Waals surface area contributed by atoms with Crippen molar-refractivity contribution in [3.63, 3.8) is 0 Å². The van der Waals surface area contributed by atoms with Crippen LogP contribution < -0.4 is 0 Å². The molecule has 0 bridgehead atoms. The van der Waals surface area contributed by atoms with Gasteiger partial charge in [0, 0.05) is 28.1 Å². The summed E-state index contributed by atoms with van der Waals surface area (Å²) in [4.78, 5) is 0. The van der Waals surface area contributed by atoms with E-state index in [1.54, 1.807) is 6.26 Å². The lowest BCUT2D eigenvalue weighted by Gasteiger charge is -2.03.